The first-order valence-corrected chi connectivity index (χ1v) is 8.76. The third-order valence-corrected chi connectivity index (χ3v) is 4.65. The molecule has 0 saturated carbocycles. The number of rotatable bonds is 4. The van der Waals surface area contributed by atoms with Crippen LogP contribution in [0.25, 0.3) is 0 Å². The number of hydrogen-bond acceptors (Lipinski definition) is 5. The standard InChI is InChI=1S/C18H21F3N2O5/c1-26-8-6-15(24)22-7-9-27-12-17(10-22)11-23(16(25)18(20,21)28-17)14-4-2-13(19)3-5-14/h2-5H,6-12H2,1H3. The second kappa shape index (κ2) is 8.06. The number of alkyl halides is 2. The first-order valence-electron chi connectivity index (χ1n) is 8.76. The van der Waals surface area contributed by atoms with Gasteiger partial charge in [0.15, 0.2) is 0 Å². The van der Waals surface area contributed by atoms with E-state index < -0.39 is 23.4 Å². The summed E-state index contributed by atoms with van der Waals surface area (Å²) < 4.78 is 57.3. The summed E-state index contributed by atoms with van der Waals surface area (Å²) in [5.41, 5.74) is -1.51. The number of hydrogen-bond donors (Lipinski definition) is 0. The van der Waals surface area contributed by atoms with Gasteiger partial charge in [-0.3, -0.25) is 14.3 Å². The summed E-state index contributed by atoms with van der Waals surface area (Å²) in [7, 11) is 1.46. The van der Waals surface area contributed by atoms with Gasteiger partial charge in [-0.05, 0) is 24.3 Å². The summed E-state index contributed by atoms with van der Waals surface area (Å²) in [5, 5.41) is 0. The molecule has 2 fully saturated rings. The number of morpholine rings is 1. The number of carbonyl (C=O) groups is 2. The fraction of sp³-hybridized carbons (Fsp3) is 0.556. The lowest BCUT2D eigenvalue weighted by atomic mass is 10.00. The van der Waals surface area contributed by atoms with Gasteiger partial charge >= 0.3 is 12.0 Å². The Labute approximate surface area is 159 Å². The van der Waals surface area contributed by atoms with E-state index in [0.717, 1.165) is 17.0 Å². The molecule has 2 heterocycles. The molecule has 1 aromatic rings. The number of halogens is 3. The monoisotopic (exact) mass is 402 g/mol. The fourth-order valence-electron chi connectivity index (χ4n) is 3.32. The predicted molar refractivity (Wildman–Crippen MR) is 91.4 cm³/mol. The van der Waals surface area contributed by atoms with Gasteiger partial charge in [0, 0.05) is 19.3 Å². The van der Waals surface area contributed by atoms with E-state index in [0.29, 0.717) is 0 Å². The average molecular weight is 402 g/mol. The molecule has 1 atom stereocenters. The van der Waals surface area contributed by atoms with Gasteiger partial charge in [0.25, 0.3) is 0 Å². The van der Waals surface area contributed by atoms with Crippen LogP contribution in [0.15, 0.2) is 24.3 Å². The van der Waals surface area contributed by atoms with Gasteiger partial charge in [0.1, 0.15) is 11.4 Å². The van der Waals surface area contributed by atoms with E-state index in [2.05, 4.69) is 0 Å². The van der Waals surface area contributed by atoms with Crippen LogP contribution in [0, 0.1) is 5.82 Å². The SMILES string of the molecule is COCCC(=O)N1CCOCC2(C1)CN(c1ccc(F)cc1)C(=O)C(F)(F)O2. The maximum absolute atomic E-state index is 14.4. The highest BCUT2D eigenvalue weighted by Gasteiger charge is 2.58. The molecule has 1 spiro atoms. The predicted octanol–water partition coefficient (Wildman–Crippen LogP) is 1.42. The van der Waals surface area contributed by atoms with Crippen molar-refractivity contribution in [3.63, 3.8) is 0 Å². The van der Waals surface area contributed by atoms with Crippen LogP contribution in [0.2, 0.25) is 0 Å². The lowest BCUT2D eigenvalue weighted by Gasteiger charge is -2.45. The minimum Gasteiger partial charge on any atom is -0.384 e. The van der Waals surface area contributed by atoms with E-state index >= 15 is 0 Å². The van der Waals surface area contributed by atoms with E-state index in [1.54, 1.807) is 0 Å². The lowest BCUT2D eigenvalue weighted by Crippen LogP contribution is -2.66. The molecule has 0 bridgehead atoms. The molecule has 28 heavy (non-hydrogen) atoms. The van der Waals surface area contributed by atoms with Crippen molar-refractivity contribution in [2.75, 3.05) is 51.5 Å². The third kappa shape index (κ3) is 4.29. The Morgan fingerprint density at radius 1 is 1.25 bits per heavy atom. The van der Waals surface area contributed by atoms with Crippen LogP contribution >= 0.6 is 0 Å². The zero-order chi connectivity index (χ0) is 20.4. The topological polar surface area (TPSA) is 68.3 Å². The molecular weight excluding hydrogens is 381 g/mol. The number of benzene rings is 1. The number of methoxy groups -OCH3 is 1. The third-order valence-electron chi connectivity index (χ3n) is 4.65. The van der Waals surface area contributed by atoms with Gasteiger partial charge in [0.2, 0.25) is 5.91 Å². The molecule has 2 aliphatic rings. The Kier molecular flexibility index (Phi) is 5.92. The highest BCUT2D eigenvalue weighted by atomic mass is 19.3. The van der Waals surface area contributed by atoms with E-state index in [9.17, 15) is 22.8 Å². The molecule has 2 amide bonds. The molecule has 7 nitrogen and oxygen atoms in total. The number of nitrogens with zero attached hydrogens (tertiary/aromatic N) is 2. The molecule has 2 aliphatic heterocycles. The molecule has 0 aromatic heterocycles. The van der Waals surface area contributed by atoms with Gasteiger partial charge in [-0.1, -0.05) is 0 Å². The van der Waals surface area contributed by atoms with Gasteiger partial charge < -0.3 is 19.3 Å². The highest BCUT2D eigenvalue weighted by molar-refractivity contribution is 5.98. The number of anilines is 1. The minimum atomic E-state index is -4.11. The van der Waals surface area contributed by atoms with Crippen LogP contribution < -0.4 is 4.90 Å². The maximum atomic E-state index is 14.4. The summed E-state index contributed by atoms with van der Waals surface area (Å²) >= 11 is 0. The maximum Gasteiger partial charge on any atom is 0.437 e. The van der Waals surface area contributed by atoms with Crippen LogP contribution in [0.3, 0.4) is 0 Å². The Balaban J connectivity index is 1.88. The van der Waals surface area contributed by atoms with Crippen molar-refractivity contribution in [3.8, 4) is 0 Å². The molecule has 1 unspecified atom stereocenters. The van der Waals surface area contributed by atoms with E-state index in [4.69, 9.17) is 14.2 Å². The van der Waals surface area contributed by atoms with Crippen LogP contribution in [-0.4, -0.2) is 75.0 Å². The second-order valence-electron chi connectivity index (χ2n) is 6.78. The van der Waals surface area contributed by atoms with Crippen LogP contribution in [0.5, 0.6) is 0 Å². The zero-order valence-corrected chi connectivity index (χ0v) is 15.3. The van der Waals surface area contributed by atoms with E-state index in [-0.39, 0.29) is 57.5 Å². The Morgan fingerprint density at radius 3 is 2.64 bits per heavy atom. The molecule has 0 N–H and O–H groups in total. The van der Waals surface area contributed by atoms with Gasteiger partial charge in [-0.25, -0.2) is 4.39 Å². The molecule has 2 saturated heterocycles. The molecule has 10 heteroatoms. The van der Waals surface area contributed by atoms with Crippen LogP contribution in [-0.2, 0) is 23.8 Å². The largest absolute Gasteiger partial charge is 0.437 e. The molecule has 0 radical (unpaired) electrons. The summed E-state index contributed by atoms with van der Waals surface area (Å²) in [6.45, 7) is -0.0944. The summed E-state index contributed by atoms with van der Waals surface area (Å²) in [6.07, 6.45) is -4.02. The molecular formula is C18H21F3N2O5. The van der Waals surface area contributed by atoms with Gasteiger partial charge in [0.05, 0.1) is 39.3 Å². The first kappa shape index (κ1) is 20.6. The van der Waals surface area contributed by atoms with Crippen molar-refractivity contribution < 1.29 is 37.0 Å². The first-order chi connectivity index (χ1) is 13.3. The van der Waals surface area contributed by atoms with Crippen LogP contribution in [0.4, 0.5) is 18.9 Å². The Morgan fingerprint density at radius 2 is 1.96 bits per heavy atom. The summed E-state index contributed by atoms with van der Waals surface area (Å²) in [6, 6.07) is 4.63. The summed E-state index contributed by atoms with van der Waals surface area (Å²) in [4.78, 5) is 26.8. The van der Waals surface area contributed by atoms with Crippen molar-refractivity contribution in [1.29, 1.82) is 0 Å². The molecule has 0 aliphatic carbocycles. The molecule has 1 aromatic carbocycles. The zero-order valence-electron chi connectivity index (χ0n) is 15.3. The van der Waals surface area contributed by atoms with E-state index in [1.165, 1.54) is 24.1 Å². The quantitative estimate of drug-likeness (QED) is 0.762. The molecule has 3 rings (SSSR count). The fourth-order valence-corrected chi connectivity index (χ4v) is 3.32. The van der Waals surface area contributed by atoms with Crippen molar-refractivity contribution in [2.45, 2.75) is 18.1 Å². The number of ether oxygens (including phenoxy) is 3. The Hall–Kier alpha value is -2.17. The van der Waals surface area contributed by atoms with E-state index in [1.807, 2.05) is 0 Å². The van der Waals surface area contributed by atoms with Crippen molar-refractivity contribution >= 4 is 17.5 Å². The summed E-state index contributed by atoms with van der Waals surface area (Å²) in [5.74, 6) is -2.39. The van der Waals surface area contributed by atoms with Crippen LogP contribution in [0.1, 0.15) is 6.42 Å². The van der Waals surface area contributed by atoms with Crippen molar-refractivity contribution in [3.05, 3.63) is 30.1 Å². The Bertz CT molecular complexity index is 730. The highest BCUT2D eigenvalue weighted by Crippen LogP contribution is 2.37. The normalized spacial score (nSPS) is 25.1. The number of carbonyl (C=O) groups excluding carboxylic acids is 2. The van der Waals surface area contributed by atoms with Crippen molar-refractivity contribution in [1.82, 2.24) is 4.90 Å². The van der Waals surface area contributed by atoms with Crippen molar-refractivity contribution in [2.24, 2.45) is 0 Å². The van der Waals surface area contributed by atoms with Gasteiger partial charge in [-0.2, -0.15) is 8.78 Å². The van der Waals surface area contributed by atoms with Gasteiger partial charge in [-0.15, -0.1) is 0 Å². The minimum absolute atomic E-state index is 0.0869. The lowest BCUT2D eigenvalue weighted by molar-refractivity contribution is -0.293. The molecule has 154 valence electrons. The smallest absolute Gasteiger partial charge is 0.384 e. The number of amides is 2. The average Bonchev–Trinajstić information content (AvgIpc) is 2.86. The second-order valence-corrected chi connectivity index (χ2v) is 6.78.